The first-order valence-corrected chi connectivity index (χ1v) is 13.8. The summed E-state index contributed by atoms with van der Waals surface area (Å²) >= 11 is 0. The molecule has 1 N–H and O–H groups in total. The number of hydrogen-bond donors (Lipinski definition) is 1. The first kappa shape index (κ1) is 27.1. The van der Waals surface area contributed by atoms with E-state index < -0.39 is 0 Å². The third-order valence-corrected chi connectivity index (χ3v) is 7.14. The fourth-order valence-corrected chi connectivity index (χ4v) is 5.00. The molecule has 0 amide bonds. The Balaban J connectivity index is 1.72. The molecule has 2 aliphatic rings. The van der Waals surface area contributed by atoms with E-state index in [9.17, 15) is 9.59 Å². The minimum absolute atomic E-state index is 0.000726. The molecule has 0 aromatic rings. The quantitative estimate of drug-likeness (QED) is 0.180. The average Bonchev–Trinajstić information content (AvgIpc) is 3.32. The number of carbonyl (C=O) groups excluding carboxylic acids is 2. The Morgan fingerprint density at radius 3 is 2.19 bits per heavy atom. The predicted octanol–water partition coefficient (Wildman–Crippen LogP) is 6.47. The summed E-state index contributed by atoms with van der Waals surface area (Å²) in [7, 11) is 0. The van der Waals surface area contributed by atoms with Crippen LogP contribution in [0.3, 0.4) is 0 Å². The van der Waals surface area contributed by atoms with Crippen molar-refractivity contribution in [2.24, 2.45) is 5.92 Å². The van der Waals surface area contributed by atoms with Crippen LogP contribution in [-0.2, 0) is 19.1 Å². The number of hydrogen-bond acceptors (Lipinski definition) is 5. The molecule has 0 saturated carbocycles. The second kappa shape index (κ2) is 16.5. The summed E-state index contributed by atoms with van der Waals surface area (Å²) in [5, 5.41) is 3.24. The minimum atomic E-state index is -0.158. The summed E-state index contributed by atoms with van der Waals surface area (Å²) in [4.78, 5) is 24.6. The lowest BCUT2D eigenvalue weighted by molar-refractivity contribution is -0.190. The predicted molar refractivity (Wildman–Crippen MR) is 129 cm³/mol. The zero-order valence-corrected chi connectivity index (χ0v) is 20.9. The maximum Gasteiger partial charge on any atom is 0.323 e. The molecule has 2 aliphatic heterocycles. The second-order valence-electron chi connectivity index (χ2n) is 9.99. The van der Waals surface area contributed by atoms with Crippen molar-refractivity contribution in [1.82, 2.24) is 5.32 Å². The Labute approximate surface area is 196 Å². The van der Waals surface area contributed by atoms with Gasteiger partial charge in [0.05, 0.1) is 5.92 Å². The van der Waals surface area contributed by atoms with Crippen molar-refractivity contribution in [3.8, 4) is 0 Å². The van der Waals surface area contributed by atoms with Crippen LogP contribution in [0.5, 0.6) is 0 Å². The van der Waals surface area contributed by atoms with Gasteiger partial charge in [-0.15, -0.1) is 0 Å². The molecule has 32 heavy (non-hydrogen) atoms. The van der Waals surface area contributed by atoms with E-state index in [0.29, 0.717) is 6.42 Å². The average molecular weight is 452 g/mol. The van der Waals surface area contributed by atoms with Gasteiger partial charge in [0.25, 0.3) is 0 Å². The van der Waals surface area contributed by atoms with Crippen LogP contribution in [0.1, 0.15) is 129 Å². The van der Waals surface area contributed by atoms with E-state index in [0.717, 1.165) is 45.1 Å². The molecule has 2 fully saturated rings. The smallest absolute Gasteiger partial charge is 0.323 e. The van der Waals surface area contributed by atoms with Gasteiger partial charge in [-0.1, -0.05) is 90.9 Å². The molecule has 0 spiro atoms. The van der Waals surface area contributed by atoms with Crippen LogP contribution >= 0.6 is 0 Å². The molecule has 5 nitrogen and oxygen atoms in total. The Kier molecular flexibility index (Phi) is 14.0. The lowest BCUT2D eigenvalue weighted by atomic mass is 9.86. The Hall–Kier alpha value is -1.10. The zero-order chi connectivity index (χ0) is 23.0. The molecule has 186 valence electrons. The number of unbranched alkanes of at least 4 members (excludes halogenated alkanes) is 11. The number of cyclic esters (lactones) is 1. The maximum atomic E-state index is 12.6. The highest BCUT2D eigenvalue weighted by atomic mass is 16.6. The van der Waals surface area contributed by atoms with Gasteiger partial charge < -0.3 is 14.8 Å². The molecule has 0 bridgehead atoms. The largest absolute Gasteiger partial charge is 0.461 e. The third-order valence-electron chi connectivity index (χ3n) is 7.14. The molecular weight excluding hydrogens is 402 g/mol. The van der Waals surface area contributed by atoms with E-state index >= 15 is 0 Å². The summed E-state index contributed by atoms with van der Waals surface area (Å²) in [5.41, 5.74) is 0. The summed E-state index contributed by atoms with van der Waals surface area (Å²) in [6.07, 6.45) is 20.4. The van der Waals surface area contributed by atoms with E-state index in [1.165, 1.54) is 70.6 Å². The van der Waals surface area contributed by atoms with Crippen molar-refractivity contribution >= 4 is 11.9 Å². The minimum Gasteiger partial charge on any atom is -0.461 e. The van der Waals surface area contributed by atoms with Gasteiger partial charge >= 0.3 is 11.9 Å². The van der Waals surface area contributed by atoms with Gasteiger partial charge in [-0.3, -0.25) is 9.59 Å². The first-order chi connectivity index (χ1) is 15.7. The number of esters is 2. The lowest BCUT2D eigenvalue weighted by Gasteiger charge is -2.37. The van der Waals surface area contributed by atoms with Crippen LogP contribution in [0, 0.1) is 5.92 Å². The number of nitrogens with one attached hydrogen (secondary N) is 1. The summed E-state index contributed by atoms with van der Waals surface area (Å²) in [6.45, 7) is 5.35. The highest BCUT2D eigenvalue weighted by Crippen LogP contribution is 2.32. The zero-order valence-electron chi connectivity index (χ0n) is 20.9. The second-order valence-corrected chi connectivity index (χ2v) is 9.99. The maximum absolute atomic E-state index is 12.6. The molecule has 0 aromatic heterocycles. The molecule has 4 atom stereocenters. The van der Waals surface area contributed by atoms with Gasteiger partial charge in [0.15, 0.2) is 0 Å². The van der Waals surface area contributed by atoms with Gasteiger partial charge in [-0.25, -0.2) is 0 Å². The molecule has 0 aromatic carbocycles. The van der Waals surface area contributed by atoms with Crippen molar-refractivity contribution in [3.05, 3.63) is 0 Å². The van der Waals surface area contributed by atoms with E-state index in [-0.39, 0.29) is 36.1 Å². The van der Waals surface area contributed by atoms with Crippen molar-refractivity contribution in [2.75, 3.05) is 6.54 Å². The Morgan fingerprint density at radius 2 is 1.59 bits per heavy atom. The summed E-state index contributed by atoms with van der Waals surface area (Å²) in [6, 6.07) is -0.158. The van der Waals surface area contributed by atoms with Crippen LogP contribution in [0.15, 0.2) is 0 Å². The highest BCUT2D eigenvalue weighted by Gasteiger charge is 2.43. The van der Waals surface area contributed by atoms with Crippen molar-refractivity contribution < 1.29 is 19.1 Å². The van der Waals surface area contributed by atoms with E-state index in [4.69, 9.17) is 9.47 Å². The van der Waals surface area contributed by atoms with Crippen LogP contribution in [-0.4, -0.2) is 36.7 Å². The van der Waals surface area contributed by atoms with Crippen molar-refractivity contribution in [1.29, 1.82) is 0 Å². The van der Waals surface area contributed by atoms with Crippen molar-refractivity contribution in [3.63, 3.8) is 0 Å². The Bertz CT molecular complexity index is 518. The number of carbonyl (C=O) groups is 2. The van der Waals surface area contributed by atoms with Gasteiger partial charge in [-0.05, 0) is 38.6 Å². The Morgan fingerprint density at radius 1 is 0.969 bits per heavy atom. The fraction of sp³-hybridized carbons (Fsp3) is 0.926. The lowest BCUT2D eigenvalue weighted by Crippen LogP contribution is -2.47. The SMILES string of the molecule is CCCCCCCCCCC[C@@H](C[C@@H]1OC(=O)[C@H]1CCCCCC)OC(=O)[C@@H]1CCCN1. The van der Waals surface area contributed by atoms with Crippen molar-refractivity contribution in [2.45, 2.75) is 148 Å². The first-order valence-electron chi connectivity index (χ1n) is 13.8. The molecule has 2 rings (SSSR count). The molecule has 0 aliphatic carbocycles. The van der Waals surface area contributed by atoms with Gasteiger partial charge in [-0.2, -0.15) is 0 Å². The third kappa shape index (κ3) is 10.2. The van der Waals surface area contributed by atoms with Crippen LogP contribution in [0.4, 0.5) is 0 Å². The van der Waals surface area contributed by atoms with Crippen LogP contribution in [0.2, 0.25) is 0 Å². The highest BCUT2D eigenvalue weighted by molar-refractivity contribution is 5.78. The topological polar surface area (TPSA) is 64.6 Å². The molecule has 2 saturated heterocycles. The summed E-state index contributed by atoms with van der Waals surface area (Å²) < 4.78 is 11.4. The number of rotatable bonds is 19. The van der Waals surface area contributed by atoms with E-state index in [1.54, 1.807) is 0 Å². The van der Waals surface area contributed by atoms with E-state index in [2.05, 4.69) is 19.2 Å². The monoisotopic (exact) mass is 451 g/mol. The van der Waals surface area contributed by atoms with E-state index in [1.807, 2.05) is 0 Å². The number of ether oxygens (including phenoxy) is 2. The molecule has 0 radical (unpaired) electrons. The molecule has 5 heteroatoms. The van der Waals surface area contributed by atoms with Crippen LogP contribution < -0.4 is 5.32 Å². The standard InChI is InChI=1S/C27H49NO4/c1-3-5-7-9-10-11-12-13-14-17-22(31-27(30)24-19-16-20-28-24)21-25-23(26(29)32-25)18-15-8-6-4-2/h22-25,28H,3-21H2,1-2H3/t22-,23-,24-,25-/m0/s1. The van der Waals surface area contributed by atoms with Crippen LogP contribution in [0.25, 0.3) is 0 Å². The fourth-order valence-electron chi connectivity index (χ4n) is 5.00. The summed E-state index contributed by atoms with van der Waals surface area (Å²) in [5.74, 6) is -0.175. The van der Waals surface area contributed by atoms with Gasteiger partial charge in [0, 0.05) is 6.42 Å². The molecule has 2 heterocycles. The molecule has 0 unspecified atom stereocenters. The van der Waals surface area contributed by atoms with Gasteiger partial charge in [0.2, 0.25) is 0 Å². The van der Waals surface area contributed by atoms with Gasteiger partial charge in [0.1, 0.15) is 18.2 Å². The normalized spacial score (nSPS) is 23.6. The molecular formula is C27H49NO4.